The Morgan fingerprint density at radius 3 is 2.50 bits per heavy atom. The highest BCUT2D eigenvalue weighted by molar-refractivity contribution is 7.15. The van der Waals surface area contributed by atoms with E-state index in [1.165, 1.54) is 11.3 Å². The summed E-state index contributed by atoms with van der Waals surface area (Å²) in [4.78, 5) is 12.2. The van der Waals surface area contributed by atoms with Crippen molar-refractivity contribution in [1.82, 2.24) is 10.2 Å². The molecule has 0 spiro atoms. The maximum Gasteiger partial charge on any atom is 0.231 e. The second-order valence-electron chi connectivity index (χ2n) is 5.29. The van der Waals surface area contributed by atoms with Crippen LogP contribution in [0.2, 0.25) is 0 Å². The lowest BCUT2D eigenvalue weighted by atomic mass is 10.2. The van der Waals surface area contributed by atoms with Gasteiger partial charge in [0.25, 0.3) is 0 Å². The lowest BCUT2D eigenvalue weighted by molar-refractivity contribution is -0.115. The number of carbonyl (C=O) groups excluding carboxylic acids is 1. The molecule has 0 saturated carbocycles. The van der Waals surface area contributed by atoms with Crippen molar-refractivity contribution in [2.75, 3.05) is 24.9 Å². The topological polar surface area (TPSA) is 85.4 Å². The first kappa shape index (κ1) is 17.7. The van der Waals surface area contributed by atoms with Crippen LogP contribution >= 0.6 is 11.3 Å². The summed E-state index contributed by atoms with van der Waals surface area (Å²) in [5.41, 5.74) is 1.55. The number of para-hydroxylation sites is 1. The van der Waals surface area contributed by atoms with E-state index < -0.39 is 0 Å². The molecule has 0 saturated heterocycles. The van der Waals surface area contributed by atoms with E-state index >= 15 is 0 Å². The molecule has 0 unspecified atom stereocenters. The van der Waals surface area contributed by atoms with E-state index in [0.29, 0.717) is 27.3 Å². The van der Waals surface area contributed by atoms with Gasteiger partial charge in [0.1, 0.15) is 5.01 Å². The molecule has 2 N–H and O–H groups in total. The number of rotatable bonds is 7. The summed E-state index contributed by atoms with van der Waals surface area (Å²) in [6.45, 7) is 0. The lowest BCUT2D eigenvalue weighted by Crippen LogP contribution is -2.14. The van der Waals surface area contributed by atoms with E-state index in [1.807, 2.05) is 30.3 Å². The van der Waals surface area contributed by atoms with Gasteiger partial charge in [-0.3, -0.25) is 4.79 Å². The van der Waals surface area contributed by atoms with Gasteiger partial charge in [0.15, 0.2) is 11.5 Å². The third-order valence-corrected chi connectivity index (χ3v) is 4.31. The molecule has 0 bridgehead atoms. The Balaban J connectivity index is 1.60. The van der Waals surface area contributed by atoms with Crippen LogP contribution in [0.4, 0.5) is 16.5 Å². The minimum Gasteiger partial charge on any atom is -0.493 e. The van der Waals surface area contributed by atoms with Gasteiger partial charge in [-0.2, -0.15) is 0 Å². The molecule has 0 radical (unpaired) electrons. The zero-order chi connectivity index (χ0) is 18.4. The second-order valence-corrected chi connectivity index (χ2v) is 6.35. The standard InChI is InChI=1S/C18H18N4O3S/c1-24-14-9-8-13(10-15(14)25-2)19-16(23)11-17-21-22-18(26-17)20-12-6-4-3-5-7-12/h3-10H,11H2,1-2H3,(H,19,23)(H,20,22). The Kier molecular flexibility index (Phi) is 5.65. The quantitative estimate of drug-likeness (QED) is 0.662. The molecule has 26 heavy (non-hydrogen) atoms. The van der Waals surface area contributed by atoms with Crippen LogP contribution in [0, 0.1) is 0 Å². The van der Waals surface area contributed by atoms with Crippen molar-refractivity contribution in [3.63, 3.8) is 0 Å². The predicted octanol–water partition coefficient (Wildman–Crippen LogP) is 3.48. The largest absolute Gasteiger partial charge is 0.493 e. The number of aromatic nitrogens is 2. The molecule has 0 aliphatic rings. The molecule has 0 atom stereocenters. The van der Waals surface area contributed by atoms with Crippen molar-refractivity contribution in [2.24, 2.45) is 0 Å². The highest BCUT2D eigenvalue weighted by Gasteiger charge is 2.11. The fraction of sp³-hybridized carbons (Fsp3) is 0.167. The number of hydrogen-bond acceptors (Lipinski definition) is 7. The van der Waals surface area contributed by atoms with Crippen molar-refractivity contribution < 1.29 is 14.3 Å². The summed E-state index contributed by atoms with van der Waals surface area (Å²) in [5, 5.41) is 15.4. The molecule has 1 amide bonds. The highest BCUT2D eigenvalue weighted by Crippen LogP contribution is 2.30. The van der Waals surface area contributed by atoms with Gasteiger partial charge in [0.05, 0.1) is 20.6 Å². The molecular weight excluding hydrogens is 352 g/mol. The van der Waals surface area contributed by atoms with Gasteiger partial charge in [0, 0.05) is 17.4 Å². The highest BCUT2D eigenvalue weighted by atomic mass is 32.1. The smallest absolute Gasteiger partial charge is 0.231 e. The van der Waals surface area contributed by atoms with Crippen LogP contribution in [-0.4, -0.2) is 30.3 Å². The Hall–Kier alpha value is -3.13. The first-order valence-corrected chi connectivity index (χ1v) is 8.66. The summed E-state index contributed by atoms with van der Waals surface area (Å²) in [6, 6.07) is 14.9. The van der Waals surface area contributed by atoms with Crippen molar-refractivity contribution in [1.29, 1.82) is 0 Å². The zero-order valence-corrected chi connectivity index (χ0v) is 15.2. The summed E-state index contributed by atoms with van der Waals surface area (Å²) in [6.07, 6.45) is 0.141. The van der Waals surface area contributed by atoms with Gasteiger partial charge in [-0.15, -0.1) is 10.2 Å². The van der Waals surface area contributed by atoms with E-state index in [1.54, 1.807) is 32.4 Å². The van der Waals surface area contributed by atoms with Crippen LogP contribution < -0.4 is 20.1 Å². The first-order chi connectivity index (χ1) is 12.7. The fourth-order valence-electron chi connectivity index (χ4n) is 2.28. The molecule has 7 nitrogen and oxygen atoms in total. The number of benzene rings is 2. The average Bonchev–Trinajstić information content (AvgIpc) is 3.09. The van der Waals surface area contributed by atoms with Crippen LogP contribution in [0.25, 0.3) is 0 Å². The number of carbonyl (C=O) groups is 1. The number of anilines is 3. The van der Waals surface area contributed by atoms with Gasteiger partial charge in [0.2, 0.25) is 11.0 Å². The normalized spacial score (nSPS) is 10.2. The maximum absolute atomic E-state index is 12.2. The van der Waals surface area contributed by atoms with Crippen molar-refractivity contribution >= 4 is 33.8 Å². The molecule has 2 aromatic carbocycles. The Morgan fingerprint density at radius 2 is 1.77 bits per heavy atom. The third-order valence-electron chi connectivity index (χ3n) is 3.47. The minimum absolute atomic E-state index is 0.141. The number of hydrogen-bond donors (Lipinski definition) is 2. The maximum atomic E-state index is 12.2. The van der Waals surface area contributed by atoms with Crippen molar-refractivity contribution in [3.05, 3.63) is 53.5 Å². The van der Waals surface area contributed by atoms with Crippen molar-refractivity contribution in [3.8, 4) is 11.5 Å². The third kappa shape index (κ3) is 4.48. The van der Waals surface area contributed by atoms with Crippen LogP contribution in [0.1, 0.15) is 5.01 Å². The van der Waals surface area contributed by atoms with Gasteiger partial charge >= 0.3 is 0 Å². The Bertz CT molecular complexity index is 883. The number of nitrogens with zero attached hydrogens (tertiary/aromatic N) is 2. The summed E-state index contributed by atoms with van der Waals surface area (Å²) >= 11 is 1.34. The molecule has 3 rings (SSSR count). The van der Waals surface area contributed by atoms with Crippen LogP contribution in [-0.2, 0) is 11.2 Å². The van der Waals surface area contributed by atoms with E-state index in [-0.39, 0.29) is 12.3 Å². The van der Waals surface area contributed by atoms with E-state index in [9.17, 15) is 4.79 Å². The monoisotopic (exact) mass is 370 g/mol. The molecule has 0 fully saturated rings. The molecule has 134 valence electrons. The van der Waals surface area contributed by atoms with Gasteiger partial charge in [-0.25, -0.2) is 0 Å². The molecule has 1 heterocycles. The SMILES string of the molecule is COc1ccc(NC(=O)Cc2nnc(Nc3ccccc3)s2)cc1OC. The molecule has 0 aliphatic carbocycles. The number of nitrogens with one attached hydrogen (secondary N) is 2. The minimum atomic E-state index is -0.181. The number of ether oxygens (including phenoxy) is 2. The Labute approximate surface area is 155 Å². The molecule has 8 heteroatoms. The van der Waals surface area contributed by atoms with E-state index in [4.69, 9.17) is 9.47 Å². The molecule has 3 aromatic rings. The second kappa shape index (κ2) is 8.30. The average molecular weight is 370 g/mol. The summed E-state index contributed by atoms with van der Waals surface area (Å²) < 4.78 is 10.4. The van der Waals surface area contributed by atoms with Gasteiger partial charge in [-0.1, -0.05) is 29.5 Å². The zero-order valence-electron chi connectivity index (χ0n) is 14.4. The van der Waals surface area contributed by atoms with Gasteiger partial charge in [-0.05, 0) is 24.3 Å². The molecule has 0 aliphatic heterocycles. The van der Waals surface area contributed by atoms with Crippen LogP contribution in [0.5, 0.6) is 11.5 Å². The number of amides is 1. The summed E-state index contributed by atoms with van der Waals surface area (Å²) in [7, 11) is 3.11. The number of methoxy groups -OCH3 is 2. The fourth-order valence-corrected chi connectivity index (χ4v) is 3.04. The lowest BCUT2D eigenvalue weighted by Gasteiger charge is -2.10. The van der Waals surface area contributed by atoms with E-state index in [2.05, 4.69) is 20.8 Å². The molecule has 1 aromatic heterocycles. The van der Waals surface area contributed by atoms with Crippen LogP contribution in [0.15, 0.2) is 48.5 Å². The predicted molar refractivity (Wildman–Crippen MR) is 102 cm³/mol. The van der Waals surface area contributed by atoms with E-state index in [0.717, 1.165) is 5.69 Å². The molecular formula is C18H18N4O3S. The van der Waals surface area contributed by atoms with Crippen molar-refractivity contribution in [2.45, 2.75) is 6.42 Å². The summed E-state index contributed by atoms with van der Waals surface area (Å²) in [5.74, 6) is 0.974. The Morgan fingerprint density at radius 1 is 1.00 bits per heavy atom. The van der Waals surface area contributed by atoms with Gasteiger partial charge < -0.3 is 20.1 Å². The van der Waals surface area contributed by atoms with Crippen LogP contribution in [0.3, 0.4) is 0 Å². The first-order valence-electron chi connectivity index (χ1n) is 7.84.